The number of rotatable bonds is 0. The van der Waals surface area contributed by atoms with Gasteiger partial charge >= 0.3 is 0 Å². The molecule has 0 radical (unpaired) electrons. The van der Waals surface area contributed by atoms with Crippen LogP contribution in [0.4, 0.5) is 0 Å². The summed E-state index contributed by atoms with van der Waals surface area (Å²) in [5.41, 5.74) is 0. The van der Waals surface area contributed by atoms with Crippen LogP contribution in [0.25, 0.3) is 0 Å². The average Bonchev–Trinajstić information content (AvgIpc) is 1.77. The Hall–Kier alpha value is -0.190. The molecular weight excluding hydrogens is 215 g/mol. The van der Waals surface area contributed by atoms with E-state index in [0.717, 1.165) is 9.39 Å². The van der Waals surface area contributed by atoms with E-state index in [1.54, 1.807) is 12.4 Å². The fourth-order valence-corrected chi connectivity index (χ4v) is 0.655. The van der Waals surface area contributed by atoms with Gasteiger partial charge in [0.15, 0.2) is 0 Å². The number of nitrogens with zero attached hydrogens (tertiary/aromatic N) is 2. The van der Waals surface area contributed by atoms with E-state index in [2.05, 4.69) is 32.6 Å². The molecule has 0 bridgehead atoms. The highest BCUT2D eigenvalue weighted by Crippen LogP contribution is 1.97. The lowest BCUT2D eigenvalue weighted by molar-refractivity contribution is 1.04. The fraction of sp³-hybridized carbons (Fsp3) is 0.200. The molecule has 0 atom stereocenters. The molecule has 0 saturated heterocycles. The van der Waals surface area contributed by atoms with Crippen LogP contribution in [0.2, 0.25) is 0 Å². The maximum atomic E-state index is 3.96. The predicted molar refractivity (Wildman–Crippen MR) is 39.5 cm³/mol. The molecule has 3 heteroatoms. The normalized spacial score (nSPS) is 9.25. The first-order valence-electron chi connectivity index (χ1n) is 2.23. The molecule has 1 aromatic heterocycles. The smallest absolute Gasteiger partial charge is 0.125 e. The zero-order valence-corrected chi connectivity index (χ0v) is 6.58. The van der Waals surface area contributed by atoms with Crippen molar-refractivity contribution in [1.82, 2.24) is 9.97 Å². The minimum Gasteiger partial charge on any atom is -0.241 e. The lowest BCUT2D eigenvalue weighted by atomic mass is 10.6. The van der Waals surface area contributed by atoms with Crippen molar-refractivity contribution in [3.63, 3.8) is 0 Å². The monoisotopic (exact) mass is 220 g/mol. The van der Waals surface area contributed by atoms with Gasteiger partial charge in [-0.15, -0.1) is 0 Å². The molecule has 0 aliphatic carbocycles. The zero-order chi connectivity index (χ0) is 5.98. The third-order valence-electron chi connectivity index (χ3n) is 0.749. The molecule has 0 amide bonds. The topological polar surface area (TPSA) is 25.8 Å². The van der Waals surface area contributed by atoms with Crippen molar-refractivity contribution >= 4 is 22.6 Å². The van der Waals surface area contributed by atoms with Crippen molar-refractivity contribution in [1.29, 1.82) is 0 Å². The van der Waals surface area contributed by atoms with E-state index in [1.165, 1.54) is 0 Å². The van der Waals surface area contributed by atoms with E-state index >= 15 is 0 Å². The van der Waals surface area contributed by atoms with Crippen LogP contribution in [-0.4, -0.2) is 9.97 Å². The molecule has 1 aromatic rings. The van der Waals surface area contributed by atoms with E-state index in [1.807, 2.05) is 6.92 Å². The summed E-state index contributed by atoms with van der Waals surface area (Å²) in [6, 6.07) is 0. The summed E-state index contributed by atoms with van der Waals surface area (Å²) in [5.74, 6) is 0.824. The molecule has 1 rings (SSSR count). The maximum absolute atomic E-state index is 3.96. The second-order valence-electron chi connectivity index (χ2n) is 1.45. The van der Waals surface area contributed by atoms with E-state index in [-0.39, 0.29) is 0 Å². The van der Waals surface area contributed by atoms with E-state index in [0.29, 0.717) is 0 Å². The fourth-order valence-electron chi connectivity index (χ4n) is 0.377. The summed E-state index contributed by atoms with van der Waals surface area (Å²) in [6.45, 7) is 1.87. The molecule has 0 aromatic carbocycles. The lowest BCUT2D eigenvalue weighted by Crippen LogP contribution is -1.84. The minimum absolute atomic E-state index is 0.824. The Balaban J connectivity index is 3.03. The first-order chi connectivity index (χ1) is 3.79. The maximum Gasteiger partial charge on any atom is 0.125 e. The Bertz CT molecular complexity index is 149. The lowest BCUT2D eigenvalue weighted by Gasteiger charge is -1.87. The van der Waals surface area contributed by atoms with Crippen LogP contribution in [0, 0.1) is 10.5 Å². The number of hydrogen-bond acceptors (Lipinski definition) is 2. The van der Waals surface area contributed by atoms with Crippen LogP contribution < -0.4 is 0 Å². The number of aryl methyl sites for hydroxylation is 1. The largest absolute Gasteiger partial charge is 0.241 e. The Kier molecular flexibility index (Phi) is 1.77. The van der Waals surface area contributed by atoms with Gasteiger partial charge in [0, 0.05) is 16.0 Å². The molecule has 0 spiro atoms. The summed E-state index contributed by atoms with van der Waals surface area (Å²) in [5, 5.41) is 0. The molecule has 42 valence electrons. The third kappa shape index (κ3) is 1.40. The van der Waals surface area contributed by atoms with Gasteiger partial charge in [-0.3, -0.25) is 0 Å². The number of hydrogen-bond donors (Lipinski definition) is 0. The second-order valence-corrected chi connectivity index (χ2v) is 2.69. The molecule has 0 aliphatic rings. The standard InChI is InChI=1S/C5H5IN2/c1-4-7-2-5(6)3-8-4/h2-3H,1H3. The third-order valence-corrected chi connectivity index (χ3v) is 1.31. The summed E-state index contributed by atoms with van der Waals surface area (Å²) >= 11 is 2.17. The van der Waals surface area contributed by atoms with Gasteiger partial charge in [-0.2, -0.15) is 0 Å². The molecule has 0 N–H and O–H groups in total. The molecule has 0 aliphatic heterocycles. The van der Waals surface area contributed by atoms with Crippen molar-refractivity contribution in [3.8, 4) is 0 Å². The van der Waals surface area contributed by atoms with Gasteiger partial charge in [0.1, 0.15) is 5.82 Å². The Morgan fingerprint density at radius 3 is 2.25 bits per heavy atom. The van der Waals surface area contributed by atoms with Crippen LogP contribution in [0.15, 0.2) is 12.4 Å². The van der Waals surface area contributed by atoms with Gasteiger partial charge < -0.3 is 0 Å². The summed E-state index contributed by atoms with van der Waals surface area (Å²) in [4.78, 5) is 7.92. The molecule has 1 heterocycles. The van der Waals surface area contributed by atoms with Crippen molar-refractivity contribution in [2.24, 2.45) is 0 Å². The molecule has 0 unspecified atom stereocenters. The molecular formula is C5H5IN2. The molecule has 8 heavy (non-hydrogen) atoms. The van der Waals surface area contributed by atoms with E-state index in [4.69, 9.17) is 0 Å². The summed E-state index contributed by atoms with van der Waals surface area (Å²) in [6.07, 6.45) is 3.59. The highest BCUT2D eigenvalue weighted by atomic mass is 127. The summed E-state index contributed by atoms with van der Waals surface area (Å²) < 4.78 is 1.08. The Morgan fingerprint density at radius 2 is 1.88 bits per heavy atom. The Labute approximate surface area is 61.5 Å². The highest BCUT2D eigenvalue weighted by Gasteiger charge is 1.84. The quantitative estimate of drug-likeness (QED) is 0.617. The van der Waals surface area contributed by atoms with Crippen LogP contribution in [0.5, 0.6) is 0 Å². The van der Waals surface area contributed by atoms with E-state index < -0.39 is 0 Å². The van der Waals surface area contributed by atoms with Crippen LogP contribution in [-0.2, 0) is 0 Å². The first kappa shape index (κ1) is 5.94. The predicted octanol–water partition coefficient (Wildman–Crippen LogP) is 1.39. The van der Waals surface area contributed by atoms with Crippen molar-refractivity contribution in [2.75, 3.05) is 0 Å². The van der Waals surface area contributed by atoms with Gasteiger partial charge in [0.2, 0.25) is 0 Å². The van der Waals surface area contributed by atoms with Crippen molar-refractivity contribution < 1.29 is 0 Å². The van der Waals surface area contributed by atoms with Gasteiger partial charge in [-0.05, 0) is 29.5 Å². The van der Waals surface area contributed by atoms with Crippen molar-refractivity contribution in [2.45, 2.75) is 6.92 Å². The first-order valence-corrected chi connectivity index (χ1v) is 3.31. The van der Waals surface area contributed by atoms with Gasteiger partial charge in [-0.1, -0.05) is 0 Å². The van der Waals surface area contributed by atoms with Gasteiger partial charge in [0.05, 0.1) is 0 Å². The molecule has 0 saturated carbocycles. The zero-order valence-electron chi connectivity index (χ0n) is 4.43. The molecule has 0 fully saturated rings. The van der Waals surface area contributed by atoms with Crippen LogP contribution >= 0.6 is 22.6 Å². The summed E-state index contributed by atoms with van der Waals surface area (Å²) in [7, 11) is 0. The van der Waals surface area contributed by atoms with Gasteiger partial charge in [-0.25, -0.2) is 9.97 Å². The molecule has 2 nitrogen and oxygen atoms in total. The van der Waals surface area contributed by atoms with Gasteiger partial charge in [0.25, 0.3) is 0 Å². The SMILES string of the molecule is Cc1ncc(I)cn1. The second kappa shape index (κ2) is 2.39. The number of aromatic nitrogens is 2. The Morgan fingerprint density at radius 1 is 1.38 bits per heavy atom. The van der Waals surface area contributed by atoms with Crippen LogP contribution in [0.1, 0.15) is 5.82 Å². The van der Waals surface area contributed by atoms with Crippen molar-refractivity contribution in [3.05, 3.63) is 21.8 Å². The number of halogens is 1. The van der Waals surface area contributed by atoms with Crippen LogP contribution in [0.3, 0.4) is 0 Å². The van der Waals surface area contributed by atoms with E-state index in [9.17, 15) is 0 Å². The minimum atomic E-state index is 0.824. The highest BCUT2D eigenvalue weighted by molar-refractivity contribution is 14.1. The average molecular weight is 220 g/mol.